The zero-order valence-corrected chi connectivity index (χ0v) is 39.5. The molecule has 320 valence electrons. The SMILES string of the molecule is Cc1cc(C(C)(C)C)cc(C)c1N1c2cc(C(C)C)cc3c2B(c2cc4c(cc2N3c2ccc(C(C)(C)C)cc2-c2ccccc2)OCCO4)c2oc3ccc(C(C)(C)C)cc3c21. The number of benzene rings is 6. The van der Waals surface area contributed by atoms with Crippen molar-refractivity contribution in [2.45, 2.75) is 112 Å². The van der Waals surface area contributed by atoms with Gasteiger partial charge in [-0.3, -0.25) is 0 Å². The second-order valence-corrected chi connectivity index (χ2v) is 21.6. The number of rotatable bonds is 4. The lowest BCUT2D eigenvalue weighted by atomic mass is 9.35. The van der Waals surface area contributed by atoms with Gasteiger partial charge in [0.15, 0.2) is 11.5 Å². The van der Waals surface area contributed by atoms with E-state index in [0.717, 1.165) is 56.3 Å². The topological polar surface area (TPSA) is 38.1 Å². The number of fused-ring (bicyclic) bond motifs is 7. The molecule has 4 heterocycles. The van der Waals surface area contributed by atoms with Crippen molar-refractivity contribution < 1.29 is 13.9 Å². The lowest BCUT2D eigenvalue weighted by molar-refractivity contribution is 0.172. The van der Waals surface area contributed by atoms with Gasteiger partial charge in [0.1, 0.15) is 18.8 Å². The first-order valence-electron chi connectivity index (χ1n) is 22.9. The number of nitrogens with zero attached hydrogens (tertiary/aromatic N) is 2. The van der Waals surface area contributed by atoms with Crippen molar-refractivity contribution in [3.8, 4) is 22.6 Å². The van der Waals surface area contributed by atoms with Gasteiger partial charge in [-0.15, -0.1) is 0 Å². The van der Waals surface area contributed by atoms with Crippen molar-refractivity contribution >= 4 is 68.4 Å². The molecular weight excluding hydrogens is 771 g/mol. The molecule has 3 aliphatic rings. The zero-order chi connectivity index (χ0) is 44.5. The summed E-state index contributed by atoms with van der Waals surface area (Å²) in [4.78, 5) is 5.10. The van der Waals surface area contributed by atoms with E-state index in [4.69, 9.17) is 13.9 Å². The van der Waals surface area contributed by atoms with Crippen LogP contribution in [0.4, 0.5) is 34.1 Å². The molecule has 0 bridgehead atoms. The number of hydrogen-bond acceptors (Lipinski definition) is 5. The summed E-state index contributed by atoms with van der Waals surface area (Å²) in [6.45, 7) is 30.7. The highest BCUT2D eigenvalue weighted by atomic mass is 16.6. The Morgan fingerprint density at radius 1 is 0.556 bits per heavy atom. The Hall–Kier alpha value is -5.88. The summed E-state index contributed by atoms with van der Waals surface area (Å²) in [5.74, 6) is 1.80. The van der Waals surface area contributed by atoms with Crippen molar-refractivity contribution in [3.63, 3.8) is 0 Å². The molecule has 63 heavy (non-hydrogen) atoms. The third-order valence-electron chi connectivity index (χ3n) is 13.6. The maximum absolute atomic E-state index is 7.35. The summed E-state index contributed by atoms with van der Waals surface area (Å²) in [5.41, 5.74) is 21.0. The Labute approximate surface area is 375 Å². The van der Waals surface area contributed by atoms with Crippen molar-refractivity contribution in [3.05, 3.63) is 137 Å². The first-order valence-corrected chi connectivity index (χ1v) is 22.9. The van der Waals surface area contributed by atoms with Gasteiger partial charge in [0.25, 0.3) is 6.71 Å². The standard InChI is InChI=1S/C57H61BN2O3/c1-33(2)37-27-46-51-47(28-37)60(52-34(3)25-40(26-35(52)4)57(11,12)13)53-42-30-39(56(8,9)10)20-22-48(42)63-54(53)58(51)43-31-49-50(62-24-23-61-49)32-45(43)59(46)44-21-19-38(55(5,6)7)29-41(44)36-17-15-14-16-18-36/h14-22,25-33H,23-24H2,1-13H3. The minimum atomic E-state index is -0.224. The number of ether oxygens (including phenoxy) is 2. The molecule has 0 N–H and O–H groups in total. The van der Waals surface area contributed by atoms with Gasteiger partial charge in [-0.05, 0) is 128 Å². The van der Waals surface area contributed by atoms with Gasteiger partial charge in [0, 0.05) is 34.1 Å². The highest BCUT2D eigenvalue weighted by molar-refractivity contribution is 7.00. The van der Waals surface area contributed by atoms with Crippen molar-refractivity contribution in [2.24, 2.45) is 0 Å². The summed E-state index contributed by atoms with van der Waals surface area (Å²) < 4.78 is 20.2. The monoisotopic (exact) mass is 832 g/mol. The smallest absolute Gasteiger partial charge is 0.297 e. The van der Waals surface area contributed by atoms with E-state index >= 15 is 0 Å². The van der Waals surface area contributed by atoms with Crippen LogP contribution in [0.3, 0.4) is 0 Å². The van der Waals surface area contributed by atoms with Crippen LogP contribution in [0.25, 0.3) is 22.1 Å². The third kappa shape index (κ3) is 6.66. The van der Waals surface area contributed by atoms with Gasteiger partial charge in [-0.25, -0.2) is 0 Å². The van der Waals surface area contributed by atoms with Crippen LogP contribution in [0.5, 0.6) is 11.5 Å². The third-order valence-corrected chi connectivity index (χ3v) is 13.6. The average molecular weight is 833 g/mol. The summed E-state index contributed by atoms with van der Waals surface area (Å²) in [5, 5.41) is 1.13. The van der Waals surface area contributed by atoms with E-state index in [1.54, 1.807) is 0 Å². The maximum Gasteiger partial charge on any atom is 0.297 e. The Morgan fingerprint density at radius 3 is 1.76 bits per heavy atom. The molecule has 7 aromatic rings. The molecule has 0 atom stereocenters. The van der Waals surface area contributed by atoms with Gasteiger partial charge in [0.05, 0.1) is 22.7 Å². The van der Waals surface area contributed by atoms with Gasteiger partial charge in [0.2, 0.25) is 0 Å². The van der Waals surface area contributed by atoms with Crippen LogP contribution in [0.2, 0.25) is 0 Å². The molecule has 10 rings (SSSR count). The fraction of sp³-hybridized carbons (Fsp3) is 0.333. The van der Waals surface area contributed by atoms with Crippen LogP contribution in [-0.2, 0) is 16.2 Å². The van der Waals surface area contributed by atoms with Gasteiger partial charge in [-0.2, -0.15) is 0 Å². The molecule has 0 saturated heterocycles. The van der Waals surface area contributed by atoms with Crippen molar-refractivity contribution in [1.82, 2.24) is 0 Å². The molecule has 5 nitrogen and oxygen atoms in total. The molecule has 1 aromatic heterocycles. The fourth-order valence-electron chi connectivity index (χ4n) is 10.1. The fourth-order valence-corrected chi connectivity index (χ4v) is 10.1. The van der Waals surface area contributed by atoms with Crippen LogP contribution in [0, 0.1) is 13.8 Å². The quantitative estimate of drug-likeness (QED) is 0.165. The zero-order valence-electron chi connectivity index (χ0n) is 39.5. The highest BCUT2D eigenvalue weighted by Crippen LogP contribution is 2.52. The molecule has 0 amide bonds. The summed E-state index contributed by atoms with van der Waals surface area (Å²) in [7, 11) is 0. The summed E-state index contributed by atoms with van der Waals surface area (Å²) in [6.07, 6.45) is 0. The lowest BCUT2D eigenvalue weighted by Crippen LogP contribution is -2.61. The molecule has 0 fully saturated rings. The predicted molar refractivity (Wildman–Crippen MR) is 266 cm³/mol. The van der Waals surface area contributed by atoms with Crippen LogP contribution in [-0.4, -0.2) is 19.9 Å². The maximum atomic E-state index is 7.35. The Morgan fingerprint density at radius 2 is 1.14 bits per heavy atom. The van der Waals surface area contributed by atoms with E-state index in [9.17, 15) is 0 Å². The van der Waals surface area contributed by atoms with Crippen molar-refractivity contribution in [2.75, 3.05) is 23.0 Å². The van der Waals surface area contributed by atoms with Crippen LogP contribution >= 0.6 is 0 Å². The average Bonchev–Trinajstić information content (AvgIpc) is 3.61. The van der Waals surface area contributed by atoms with Crippen molar-refractivity contribution in [1.29, 1.82) is 0 Å². The van der Waals surface area contributed by atoms with E-state index < -0.39 is 0 Å². The molecule has 6 heteroatoms. The van der Waals surface area contributed by atoms with E-state index in [0.29, 0.717) is 13.2 Å². The first kappa shape index (κ1) is 41.2. The van der Waals surface area contributed by atoms with Crippen LogP contribution in [0.1, 0.15) is 115 Å². The van der Waals surface area contributed by atoms with Gasteiger partial charge < -0.3 is 23.7 Å². The molecule has 0 aliphatic carbocycles. The number of anilines is 6. The highest BCUT2D eigenvalue weighted by Gasteiger charge is 2.48. The Kier molecular flexibility index (Phi) is 9.36. The summed E-state index contributed by atoms with van der Waals surface area (Å²) in [6, 6.07) is 39.0. The lowest BCUT2D eigenvalue weighted by Gasteiger charge is -2.44. The van der Waals surface area contributed by atoms with Gasteiger partial charge in [-0.1, -0.05) is 131 Å². The second kappa shape index (κ2) is 14.3. The number of hydrogen-bond donors (Lipinski definition) is 0. The first-order chi connectivity index (χ1) is 29.8. The second-order valence-electron chi connectivity index (χ2n) is 21.6. The van der Waals surface area contributed by atoms with E-state index in [-0.39, 0.29) is 28.9 Å². The molecule has 0 radical (unpaired) electrons. The van der Waals surface area contributed by atoms with Crippen LogP contribution in [0.15, 0.2) is 108 Å². The normalized spacial score (nSPS) is 14.6. The molecular formula is C57H61BN2O3. The van der Waals surface area contributed by atoms with E-state index in [2.05, 4.69) is 203 Å². The summed E-state index contributed by atoms with van der Waals surface area (Å²) >= 11 is 0. The van der Waals surface area contributed by atoms with E-state index in [1.165, 1.54) is 61.3 Å². The predicted octanol–water partition coefficient (Wildman–Crippen LogP) is 13.6. The van der Waals surface area contributed by atoms with E-state index in [1.807, 2.05) is 0 Å². The number of aryl methyl sites for hydroxylation is 2. The number of furan rings is 1. The molecule has 0 spiro atoms. The molecule has 0 unspecified atom stereocenters. The Balaban J connectivity index is 1.37. The minimum Gasteiger partial charge on any atom is -0.486 e. The molecule has 3 aliphatic heterocycles. The molecule has 6 aromatic carbocycles. The van der Waals surface area contributed by atoms with Crippen LogP contribution < -0.4 is 35.9 Å². The minimum absolute atomic E-state index is 0.00100. The van der Waals surface area contributed by atoms with Gasteiger partial charge >= 0.3 is 0 Å². The largest absolute Gasteiger partial charge is 0.486 e. The Bertz CT molecular complexity index is 2950. The molecule has 0 saturated carbocycles.